The van der Waals surface area contributed by atoms with Crippen LogP contribution in [0.15, 0.2) is 22.8 Å². The van der Waals surface area contributed by atoms with Crippen molar-refractivity contribution in [2.45, 2.75) is 25.3 Å². The Balaban J connectivity index is 1.97. The highest BCUT2D eigenvalue weighted by atomic mass is 79.9. The number of hydrogen-bond donors (Lipinski definition) is 1. The molecule has 0 saturated carbocycles. The summed E-state index contributed by atoms with van der Waals surface area (Å²) in [7, 11) is 0. The number of piperidine rings is 1. The summed E-state index contributed by atoms with van der Waals surface area (Å²) in [6.07, 6.45) is 5.59. The summed E-state index contributed by atoms with van der Waals surface area (Å²) in [6, 6.07) is 4.28. The second kappa shape index (κ2) is 4.14. The second-order valence-corrected chi connectivity index (χ2v) is 5.04. The maximum atomic E-state index is 4.56. The van der Waals surface area contributed by atoms with Gasteiger partial charge < -0.3 is 5.32 Å². The van der Waals surface area contributed by atoms with Gasteiger partial charge in [0.1, 0.15) is 0 Å². The highest BCUT2D eigenvalue weighted by Gasteiger charge is 2.19. The molecule has 0 bridgehead atoms. The van der Waals surface area contributed by atoms with Crippen molar-refractivity contribution in [2.75, 3.05) is 6.54 Å². The molecular formula is C11H13BrN4. The molecule has 1 fully saturated rings. The Morgan fingerprint density at radius 1 is 1.44 bits per heavy atom. The lowest BCUT2D eigenvalue weighted by Gasteiger charge is -2.20. The third kappa shape index (κ3) is 1.85. The normalized spacial score (nSPS) is 21.4. The first-order valence-corrected chi connectivity index (χ1v) is 6.37. The first kappa shape index (κ1) is 10.2. The predicted molar refractivity (Wildman–Crippen MR) is 65.3 cm³/mol. The van der Waals surface area contributed by atoms with E-state index in [2.05, 4.69) is 31.3 Å². The standard InChI is InChI=1S/C11H13BrN4/c12-8-4-6-16-10(7-8)14-11(15-16)9-3-1-2-5-13-9/h4,6-7,9,13H,1-3,5H2. The Morgan fingerprint density at radius 2 is 2.38 bits per heavy atom. The lowest BCUT2D eigenvalue weighted by atomic mass is 10.0. The first-order chi connectivity index (χ1) is 7.83. The molecule has 2 aromatic heterocycles. The van der Waals surface area contributed by atoms with Crippen LogP contribution in [0.25, 0.3) is 5.65 Å². The van der Waals surface area contributed by atoms with E-state index in [1.807, 2.05) is 22.8 Å². The molecule has 1 atom stereocenters. The SMILES string of the molecule is Brc1ccn2nc(C3CCCCN3)nc2c1. The molecule has 4 nitrogen and oxygen atoms in total. The molecule has 1 unspecified atom stereocenters. The fourth-order valence-electron chi connectivity index (χ4n) is 2.09. The van der Waals surface area contributed by atoms with Crippen LogP contribution in [0.4, 0.5) is 0 Å². The minimum absolute atomic E-state index is 0.326. The van der Waals surface area contributed by atoms with Gasteiger partial charge in [-0.25, -0.2) is 9.50 Å². The molecule has 0 spiro atoms. The Bertz CT molecular complexity index is 502. The largest absolute Gasteiger partial charge is 0.307 e. The number of pyridine rings is 1. The number of fused-ring (bicyclic) bond motifs is 1. The van der Waals surface area contributed by atoms with Crippen LogP contribution < -0.4 is 5.32 Å². The van der Waals surface area contributed by atoms with Gasteiger partial charge in [-0.2, -0.15) is 0 Å². The maximum absolute atomic E-state index is 4.56. The third-order valence-corrected chi connectivity index (χ3v) is 3.43. The van der Waals surface area contributed by atoms with Crippen molar-refractivity contribution in [2.24, 2.45) is 0 Å². The minimum atomic E-state index is 0.326. The van der Waals surface area contributed by atoms with Gasteiger partial charge in [-0.1, -0.05) is 22.4 Å². The van der Waals surface area contributed by atoms with Crippen LogP contribution in [-0.2, 0) is 0 Å². The molecule has 0 aromatic carbocycles. The van der Waals surface area contributed by atoms with E-state index in [1.54, 1.807) is 0 Å². The van der Waals surface area contributed by atoms with Gasteiger partial charge in [-0.3, -0.25) is 0 Å². The monoisotopic (exact) mass is 280 g/mol. The van der Waals surface area contributed by atoms with Crippen molar-refractivity contribution in [3.63, 3.8) is 0 Å². The summed E-state index contributed by atoms with van der Waals surface area (Å²) in [5.41, 5.74) is 0.900. The van der Waals surface area contributed by atoms with Crippen LogP contribution in [0.2, 0.25) is 0 Å². The Hall–Kier alpha value is -0.940. The van der Waals surface area contributed by atoms with Crippen molar-refractivity contribution in [3.8, 4) is 0 Å². The molecule has 1 aliphatic rings. The van der Waals surface area contributed by atoms with E-state index in [0.29, 0.717) is 6.04 Å². The van der Waals surface area contributed by atoms with Gasteiger partial charge in [0.15, 0.2) is 11.5 Å². The van der Waals surface area contributed by atoms with Gasteiger partial charge in [0.25, 0.3) is 0 Å². The van der Waals surface area contributed by atoms with Crippen LogP contribution in [0, 0.1) is 0 Å². The van der Waals surface area contributed by atoms with Gasteiger partial charge in [-0.05, 0) is 31.5 Å². The summed E-state index contributed by atoms with van der Waals surface area (Å²) < 4.78 is 2.87. The van der Waals surface area contributed by atoms with E-state index in [4.69, 9.17) is 0 Å². The summed E-state index contributed by atoms with van der Waals surface area (Å²) in [5.74, 6) is 0.915. The molecule has 1 N–H and O–H groups in total. The number of nitrogens with zero attached hydrogens (tertiary/aromatic N) is 3. The van der Waals surface area contributed by atoms with E-state index in [9.17, 15) is 0 Å². The Labute approximate surface area is 102 Å². The molecular weight excluding hydrogens is 268 g/mol. The van der Waals surface area contributed by atoms with Crippen LogP contribution in [0.3, 0.4) is 0 Å². The summed E-state index contributed by atoms with van der Waals surface area (Å²) >= 11 is 3.44. The van der Waals surface area contributed by atoms with Gasteiger partial charge in [-0.15, -0.1) is 5.10 Å². The molecule has 2 aromatic rings. The maximum Gasteiger partial charge on any atom is 0.168 e. The zero-order chi connectivity index (χ0) is 11.0. The fourth-order valence-corrected chi connectivity index (χ4v) is 2.42. The predicted octanol–water partition coefficient (Wildman–Crippen LogP) is 2.31. The average molecular weight is 281 g/mol. The summed E-state index contributed by atoms with van der Waals surface area (Å²) in [5, 5.41) is 7.96. The Kier molecular flexibility index (Phi) is 2.65. The van der Waals surface area contributed by atoms with Crippen LogP contribution >= 0.6 is 15.9 Å². The zero-order valence-corrected chi connectivity index (χ0v) is 10.4. The first-order valence-electron chi connectivity index (χ1n) is 5.58. The van der Waals surface area contributed by atoms with Crippen molar-refractivity contribution in [1.29, 1.82) is 0 Å². The number of rotatable bonds is 1. The number of halogens is 1. The quantitative estimate of drug-likeness (QED) is 0.872. The molecule has 1 aliphatic heterocycles. The smallest absolute Gasteiger partial charge is 0.168 e. The highest BCUT2D eigenvalue weighted by Crippen LogP contribution is 2.21. The van der Waals surface area contributed by atoms with Gasteiger partial charge in [0, 0.05) is 10.7 Å². The van der Waals surface area contributed by atoms with E-state index in [1.165, 1.54) is 12.8 Å². The molecule has 3 rings (SSSR count). The third-order valence-electron chi connectivity index (χ3n) is 2.94. The van der Waals surface area contributed by atoms with Crippen molar-refractivity contribution in [3.05, 3.63) is 28.6 Å². The topological polar surface area (TPSA) is 42.2 Å². The molecule has 84 valence electrons. The van der Waals surface area contributed by atoms with Crippen molar-refractivity contribution >= 4 is 21.6 Å². The van der Waals surface area contributed by atoms with E-state index in [-0.39, 0.29) is 0 Å². The van der Waals surface area contributed by atoms with Crippen LogP contribution in [-0.4, -0.2) is 21.1 Å². The molecule has 5 heteroatoms. The van der Waals surface area contributed by atoms with Gasteiger partial charge in [0.2, 0.25) is 0 Å². The van der Waals surface area contributed by atoms with Crippen LogP contribution in [0.5, 0.6) is 0 Å². The van der Waals surface area contributed by atoms with E-state index < -0.39 is 0 Å². The fraction of sp³-hybridized carbons (Fsp3) is 0.455. The molecule has 3 heterocycles. The van der Waals surface area contributed by atoms with Crippen molar-refractivity contribution in [1.82, 2.24) is 19.9 Å². The van der Waals surface area contributed by atoms with E-state index in [0.717, 1.165) is 28.9 Å². The van der Waals surface area contributed by atoms with E-state index >= 15 is 0 Å². The van der Waals surface area contributed by atoms with Gasteiger partial charge in [0.05, 0.1) is 6.04 Å². The lowest BCUT2D eigenvalue weighted by molar-refractivity contribution is 0.397. The second-order valence-electron chi connectivity index (χ2n) is 4.12. The molecule has 0 radical (unpaired) electrons. The van der Waals surface area contributed by atoms with Crippen molar-refractivity contribution < 1.29 is 0 Å². The lowest BCUT2D eigenvalue weighted by Crippen LogP contribution is -2.27. The number of aromatic nitrogens is 3. The molecule has 16 heavy (non-hydrogen) atoms. The molecule has 0 aliphatic carbocycles. The zero-order valence-electron chi connectivity index (χ0n) is 8.86. The number of nitrogens with one attached hydrogen (secondary N) is 1. The van der Waals surface area contributed by atoms with Crippen LogP contribution in [0.1, 0.15) is 31.1 Å². The average Bonchev–Trinajstić information content (AvgIpc) is 2.73. The summed E-state index contributed by atoms with van der Waals surface area (Å²) in [4.78, 5) is 4.56. The number of hydrogen-bond acceptors (Lipinski definition) is 3. The molecule has 1 saturated heterocycles. The minimum Gasteiger partial charge on any atom is -0.307 e. The summed E-state index contributed by atoms with van der Waals surface area (Å²) in [6.45, 7) is 1.07. The molecule has 0 amide bonds. The van der Waals surface area contributed by atoms with Gasteiger partial charge >= 0.3 is 0 Å². The Morgan fingerprint density at radius 3 is 3.19 bits per heavy atom. The highest BCUT2D eigenvalue weighted by molar-refractivity contribution is 9.10.